The van der Waals surface area contributed by atoms with E-state index in [0.29, 0.717) is 32.4 Å². The lowest BCUT2D eigenvalue weighted by atomic mass is 10.2. The fraction of sp³-hybridized carbons (Fsp3) is 0.211. The van der Waals surface area contributed by atoms with Crippen molar-refractivity contribution < 1.29 is 23.8 Å². The highest BCUT2D eigenvalue weighted by Gasteiger charge is 2.15. The molecule has 3 aromatic rings. The molecule has 0 N–H and O–H groups in total. The highest BCUT2D eigenvalue weighted by atomic mass is 35.5. The summed E-state index contributed by atoms with van der Waals surface area (Å²) in [6.07, 6.45) is 0. The van der Waals surface area contributed by atoms with E-state index >= 15 is 0 Å². The van der Waals surface area contributed by atoms with Crippen molar-refractivity contribution in [3.8, 4) is 11.5 Å². The Labute approximate surface area is 169 Å². The number of esters is 1. The van der Waals surface area contributed by atoms with Crippen LogP contribution in [0.15, 0.2) is 41.4 Å². The Bertz CT molecular complexity index is 1100. The minimum atomic E-state index is -0.501. The molecule has 0 spiro atoms. The Morgan fingerprint density at radius 3 is 2.39 bits per heavy atom. The molecule has 146 valence electrons. The Hall–Kier alpha value is -2.84. The van der Waals surface area contributed by atoms with Gasteiger partial charge >= 0.3 is 5.97 Å². The van der Waals surface area contributed by atoms with Crippen LogP contribution in [0.3, 0.4) is 0 Å². The van der Waals surface area contributed by atoms with Crippen molar-refractivity contribution >= 4 is 45.0 Å². The number of benzene rings is 2. The molecule has 3 rings (SSSR count). The first-order valence-corrected chi connectivity index (χ1v) is 9.33. The van der Waals surface area contributed by atoms with Gasteiger partial charge in [0.25, 0.3) is 5.91 Å². The third kappa shape index (κ3) is 4.02. The molecule has 9 heteroatoms. The number of halogens is 1. The number of carbonyl (C=O) groups is 2. The number of rotatable bonds is 5. The molecule has 0 unspecified atom stereocenters. The highest BCUT2D eigenvalue weighted by molar-refractivity contribution is 7.16. The van der Waals surface area contributed by atoms with Crippen molar-refractivity contribution in [1.29, 1.82) is 0 Å². The van der Waals surface area contributed by atoms with Gasteiger partial charge in [0.1, 0.15) is 18.0 Å². The number of methoxy groups -OCH3 is 3. The molecule has 0 saturated carbocycles. The molecule has 0 radical (unpaired) electrons. The summed E-state index contributed by atoms with van der Waals surface area (Å²) in [5, 5.41) is 0.453. The molecule has 0 aliphatic heterocycles. The van der Waals surface area contributed by atoms with Crippen LogP contribution in [0.1, 0.15) is 10.4 Å². The molecule has 28 heavy (non-hydrogen) atoms. The molecule has 7 nitrogen and oxygen atoms in total. The second-order valence-electron chi connectivity index (χ2n) is 5.65. The Balaban J connectivity index is 2.16. The van der Waals surface area contributed by atoms with Gasteiger partial charge in [-0.05, 0) is 24.3 Å². The van der Waals surface area contributed by atoms with Gasteiger partial charge in [-0.1, -0.05) is 29.0 Å². The summed E-state index contributed by atoms with van der Waals surface area (Å²) in [6.45, 7) is -0.117. The van der Waals surface area contributed by atoms with E-state index in [1.54, 1.807) is 34.9 Å². The number of aromatic nitrogens is 1. The second kappa shape index (κ2) is 8.45. The van der Waals surface area contributed by atoms with E-state index in [1.807, 2.05) is 6.07 Å². The number of nitrogens with zero attached hydrogens (tertiary/aromatic N) is 2. The summed E-state index contributed by atoms with van der Waals surface area (Å²) in [7, 11) is 4.29. The smallest absolute Gasteiger partial charge is 0.325 e. The van der Waals surface area contributed by atoms with Crippen LogP contribution in [-0.4, -0.2) is 37.8 Å². The van der Waals surface area contributed by atoms with Gasteiger partial charge in [-0.2, -0.15) is 4.99 Å². The topological polar surface area (TPSA) is 79.1 Å². The van der Waals surface area contributed by atoms with Gasteiger partial charge in [-0.15, -0.1) is 0 Å². The molecule has 1 amide bonds. The Kier molecular flexibility index (Phi) is 6.01. The van der Waals surface area contributed by atoms with Crippen LogP contribution in [0.25, 0.3) is 10.2 Å². The minimum Gasteiger partial charge on any atom is -0.497 e. The predicted octanol–water partition coefficient (Wildman–Crippen LogP) is 3.29. The van der Waals surface area contributed by atoms with Crippen molar-refractivity contribution in [3.63, 3.8) is 0 Å². The molecule has 0 bridgehead atoms. The maximum Gasteiger partial charge on any atom is 0.325 e. The first kappa shape index (κ1) is 19.9. The third-order valence-electron chi connectivity index (χ3n) is 3.96. The SMILES string of the molecule is COC(=O)Cn1c(=NC(=O)c2cc(OC)cc(OC)c2)sc2cccc(Cl)c21. The van der Waals surface area contributed by atoms with E-state index in [4.69, 9.17) is 25.8 Å². The number of carbonyl (C=O) groups excluding carboxylic acids is 2. The lowest BCUT2D eigenvalue weighted by Crippen LogP contribution is -2.22. The maximum absolute atomic E-state index is 12.8. The number of para-hydroxylation sites is 1. The van der Waals surface area contributed by atoms with Crippen LogP contribution in [0.4, 0.5) is 0 Å². The molecule has 1 aromatic heterocycles. The van der Waals surface area contributed by atoms with Gasteiger partial charge in [0.05, 0.1) is 36.6 Å². The standard InChI is InChI=1S/C19H17ClN2O5S/c1-25-12-7-11(8-13(9-12)26-2)18(24)21-19-22(10-16(23)27-3)17-14(20)5-4-6-15(17)28-19/h4-9H,10H2,1-3H3. The molecule has 0 aliphatic rings. The quantitative estimate of drug-likeness (QED) is 0.592. The zero-order valence-corrected chi connectivity index (χ0v) is 17.0. The Morgan fingerprint density at radius 1 is 1.11 bits per heavy atom. The molecular weight excluding hydrogens is 404 g/mol. The number of hydrogen-bond acceptors (Lipinski definition) is 6. The summed E-state index contributed by atoms with van der Waals surface area (Å²) in [5.41, 5.74) is 0.915. The first-order valence-electron chi connectivity index (χ1n) is 8.13. The Morgan fingerprint density at radius 2 is 1.79 bits per heavy atom. The first-order chi connectivity index (χ1) is 13.5. The largest absolute Gasteiger partial charge is 0.497 e. The highest BCUT2D eigenvalue weighted by Crippen LogP contribution is 2.26. The molecular formula is C19H17ClN2O5S. The van der Waals surface area contributed by atoms with Gasteiger partial charge in [0.15, 0.2) is 4.80 Å². The van der Waals surface area contributed by atoms with E-state index < -0.39 is 11.9 Å². The average molecular weight is 421 g/mol. The monoisotopic (exact) mass is 420 g/mol. The van der Waals surface area contributed by atoms with Crippen LogP contribution in [0.2, 0.25) is 5.02 Å². The van der Waals surface area contributed by atoms with Gasteiger partial charge in [-0.25, -0.2) is 0 Å². The van der Waals surface area contributed by atoms with Crippen LogP contribution in [0, 0.1) is 0 Å². The summed E-state index contributed by atoms with van der Waals surface area (Å²) in [4.78, 5) is 29.2. The molecule has 2 aromatic carbocycles. The predicted molar refractivity (Wildman–Crippen MR) is 106 cm³/mol. The summed E-state index contributed by atoms with van der Waals surface area (Å²) in [6, 6.07) is 10.1. The van der Waals surface area contributed by atoms with Gasteiger partial charge < -0.3 is 18.8 Å². The van der Waals surface area contributed by atoms with Gasteiger partial charge in [0.2, 0.25) is 0 Å². The zero-order valence-electron chi connectivity index (χ0n) is 15.4. The lowest BCUT2D eigenvalue weighted by Gasteiger charge is -2.06. The summed E-state index contributed by atoms with van der Waals surface area (Å²) < 4.78 is 17.5. The fourth-order valence-corrected chi connectivity index (χ4v) is 3.98. The van der Waals surface area contributed by atoms with Gasteiger partial charge in [0, 0.05) is 11.6 Å². The summed E-state index contributed by atoms with van der Waals surface area (Å²) in [5.74, 6) is -0.0329. The van der Waals surface area contributed by atoms with E-state index in [9.17, 15) is 9.59 Å². The molecule has 1 heterocycles. The zero-order chi connectivity index (χ0) is 20.3. The van der Waals surface area contributed by atoms with Crippen LogP contribution in [-0.2, 0) is 16.1 Å². The number of ether oxygens (including phenoxy) is 3. The van der Waals surface area contributed by atoms with Crippen molar-refractivity contribution in [1.82, 2.24) is 4.57 Å². The number of thiazole rings is 1. The van der Waals surface area contributed by atoms with E-state index in [0.717, 1.165) is 4.70 Å². The number of amides is 1. The van der Waals surface area contributed by atoms with E-state index in [2.05, 4.69) is 4.99 Å². The van der Waals surface area contributed by atoms with Crippen molar-refractivity contribution in [2.75, 3.05) is 21.3 Å². The maximum atomic E-state index is 12.8. The lowest BCUT2D eigenvalue weighted by molar-refractivity contribution is -0.141. The van der Waals surface area contributed by atoms with Crippen LogP contribution >= 0.6 is 22.9 Å². The van der Waals surface area contributed by atoms with Crippen LogP contribution in [0.5, 0.6) is 11.5 Å². The van der Waals surface area contributed by atoms with Gasteiger partial charge in [-0.3, -0.25) is 9.59 Å². The van der Waals surface area contributed by atoms with Crippen molar-refractivity contribution in [3.05, 3.63) is 51.8 Å². The second-order valence-corrected chi connectivity index (χ2v) is 7.07. The minimum absolute atomic E-state index is 0.117. The number of fused-ring (bicyclic) bond motifs is 1. The normalized spacial score (nSPS) is 11.5. The van der Waals surface area contributed by atoms with Crippen molar-refractivity contribution in [2.24, 2.45) is 4.99 Å². The van der Waals surface area contributed by atoms with Crippen molar-refractivity contribution in [2.45, 2.75) is 6.54 Å². The van der Waals surface area contributed by atoms with E-state index in [1.165, 1.54) is 32.7 Å². The molecule has 0 atom stereocenters. The summed E-state index contributed by atoms with van der Waals surface area (Å²) >= 11 is 7.56. The molecule has 0 aliphatic carbocycles. The molecule has 0 fully saturated rings. The molecule has 0 saturated heterocycles. The van der Waals surface area contributed by atoms with E-state index in [-0.39, 0.29) is 6.54 Å². The average Bonchev–Trinajstić information content (AvgIpc) is 3.05. The van der Waals surface area contributed by atoms with Crippen LogP contribution < -0.4 is 14.3 Å². The number of hydrogen-bond donors (Lipinski definition) is 0. The third-order valence-corrected chi connectivity index (χ3v) is 5.31. The fourth-order valence-electron chi connectivity index (χ4n) is 2.59.